The molecule has 36 valence electrons. The molecule has 0 unspecified atom stereocenters. The third-order valence-corrected chi connectivity index (χ3v) is 0.292. The average Bonchev–Trinajstić information content (AvgIpc) is 1.35. The zero-order chi connectivity index (χ0) is 4.99. The maximum atomic E-state index is 7.87. The van der Waals surface area contributed by atoms with Crippen LogP contribution in [0.2, 0.25) is 0 Å². The van der Waals surface area contributed by atoms with Gasteiger partial charge in [0.15, 0.2) is 0 Å². The minimum absolute atomic E-state index is 0.0625. The quantitative estimate of drug-likeness (QED) is 0.378. The van der Waals surface area contributed by atoms with Gasteiger partial charge in [0.25, 0.3) is 0 Å². The second-order valence-corrected chi connectivity index (χ2v) is 0.844. The summed E-state index contributed by atoms with van der Waals surface area (Å²) in [7, 11) is 0. The van der Waals surface area contributed by atoms with Gasteiger partial charge in [-0.1, -0.05) is 11.3 Å². The first kappa shape index (κ1) is 5.62. The topological polar surface area (TPSA) is 43.7 Å². The zero-order valence-corrected chi connectivity index (χ0v) is 3.33. The maximum absolute atomic E-state index is 7.87. The summed E-state index contributed by atoms with van der Waals surface area (Å²) in [6.07, 6.45) is 1.38. The second kappa shape index (κ2) is 2.84. The Morgan fingerprint density at radius 1 is 1.67 bits per heavy atom. The molecular formula is C3H7NO2. The summed E-state index contributed by atoms with van der Waals surface area (Å²) in [4.78, 5) is 0. The Kier molecular flexibility index (Phi) is 2.66. The lowest BCUT2D eigenvalue weighted by Gasteiger charge is -1.96. The van der Waals surface area contributed by atoms with Gasteiger partial charge in [0, 0.05) is 0 Å². The van der Waals surface area contributed by atoms with Gasteiger partial charge in [-0.2, -0.15) is 0 Å². The Balaban J connectivity index is 2.81. The summed E-state index contributed by atoms with van der Waals surface area (Å²) < 4.78 is 0. The van der Waals surface area contributed by atoms with E-state index in [9.17, 15) is 0 Å². The smallest absolute Gasteiger partial charge is 0.0691 e. The lowest BCUT2D eigenvalue weighted by molar-refractivity contribution is -0.299. The standard InChI is InChI=1S/C3H7NO2/c1-2-3-4(5)6/h2,5-6H,1,3H2/i3+2. The van der Waals surface area contributed by atoms with E-state index in [0.717, 1.165) is 0 Å². The molecule has 0 fully saturated rings. The largest absolute Gasteiger partial charge is 0.289 e. The van der Waals surface area contributed by atoms with Crippen LogP contribution in [0.15, 0.2) is 12.7 Å². The van der Waals surface area contributed by atoms with Crippen molar-refractivity contribution < 1.29 is 10.4 Å². The lowest BCUT2D eigenvalue weighted by Crippen LogP contribution is -2.11. The van der Waals surface area contributed by atoms with E-state index in [0.29, 0.717) is 0 Å². The molecule has 2 N–H and O–H groups in total. The Hall–Kier alpha value is -0.380. The molecular weight excluding hydrogens is 84.0 g/mol. The van der Waals surface area contributed by atoms with Gasteiger partial charge < -0.3 is 0 Å². The van der Waals surface area contributed by atoms with E-state index in [-0.39, 0.29) is 11.8 Å². The van der Waals surface area contributed by atoms with Crippen LogP contribution in [-0.2, 0) is 0 Å². The van der Waals surface area contributed by atoms with E-state index in [2.05, 4.69) is 6.58 Å². The van der Waals surface area contributed by atoms with Gasteiger partial charge in [-0.15, -0.1) is 6.58 Å². The normalized spacial score (nSPS) is 9.17. The van der Waals surface area contributed by atoms with Crippen molar-refractivity contribution >= 4 is 0 Å². The molecule has 6 heavy (non-hydrogen) atoms. The van der Waals surface area contributed by atoms with Crippen LogP contribution in [-0.4, -0.2) is 22.2 Å². The van der Waals surface area contributed by atoms with Crippen molar-refractivity contribution in [2.24, 2.45) is 0 Å². The average molecular weight is 91.1 g/mol. The van der Waals surface area contributed by atoms with E-state index in [1.54, 1.807) is 0 Å². The Morgan fingerprint density at radius 3 is 2.17 bits per heavy atom. The van der Waals surface area contributed by atoms with Crippen LogP contribution in [0.4, 0.5) is 0 Å². The summed E-state index contributed by atoms with van der Waals surface area (Å²) in [5.74, 6) is 0. The summed E-state index contributed by atoms with van der Waals surface area (Å²) >= 11 is 0. The highest BCUT2D eigenvalue weighted by Crippen LogP contribution is 1.67. The summed E-state index contributed by atoms with van der Waals surface area (Å²) in [6.45, 7) is 3.32. The fourth-order valence-electron chi connectivity index (χ4n) is 0.115. The highest BCUT2D eigenvalue weighted by Gasteiger charge is 1.80. The lowest BCUT2D eigenvalue weighted by atomic mass is 11.1. The molecule has 0 bridgehead atoms. The minimum Gasteiger partial charge on any atom is -0.289 e. The molecule has 0 atom stereocenters. The van der Waals surface area contributed by atoms with Gasteiger partial charge in [0.05, 0.1) is 6.54 Å². The van der Waals surface area contributed by atoms with Crippen molar-refractivity contribution in [1.29, 1.82) is 0 Å². The number of hydroxylamine groups is 2. The monoisotopic (exact) mass is 91.1 g/mol. The van der Waals surface area contributed by atoms with E-state index >= 15 is 0 Å². The molecule has 3 nitrogen and oxygen atoms in total. The molecule has 0 rings (SSSR count). The third-order valence-electron chi connectivity index (χ3n) is 0.292. The Bertz CT molecular complexity index is 44.1. The predicted octanol–water partition coefficient (Wildman–Crippen LogP) is 0.253. The van der Waals surface area contributed by atoms with Crippen LogP contribution in [0.3, 0.4) is 0 Å². The summed E-state index contributed by atoms with van der Waals surface area (Å²) in [5.41, 5.74) is 0. The molecule has 0 radical (unpaired) electrons. The Morgan fingerprint density at radius 2 is 2.17 bits per heavy atom. The number of rotatable bonds is 2. The highest BCUT2D eigenvalue weighted by atomic mass is 16.8. The molecule has 0 heterocycles. The molecule has 0 aromatic carbocycles. The van der Waals surface area contributed by atoms with Crippen LogP contribution < -0.4 is 0 Å². The molecule has 0 aliphatic rings. The molecule has 0 amide bonds. The van der Waals surface area contributed by atoms with Crippen LogP contribution >= 0.6 is 0 Å². The van der Waals surface area contributed by atoms with Crippen molar-refractivity contribution in [1.82, 2.24) is 5.23 Å². The SMILES string of the molecule is C=C[14CH2]N(O)O. The predicted molar refractivity (Wildman–Crippen MR) is 20.5 cm³/mol. The van der Waals surface area contributed by atoms with E-state index in [1.165, 1.54) is 6.08 Å². The van der Waals surface area contributed by atoms with Crippen molar-refractivity contribution in [2.75, 3.05) is 6.54 Å². The zero-order valence-electron chi connectivity index (χ0n) is 3.33. The first-order chi connectivity index (χ1) is 2.77. The van der Waals surface area contributed by atoms with Crippen molar-refractivity contribution in [3.8, 4) is 0 Å². The van der Waals surface area contributed by atoms with Crippen LogP contribution in [0.25, 0.3) is 0 Å². The Labute approximate surface area is 36.0 Å². The molecule has 0 aromatic heterocycles. The van der Waals surface area contributed by atoms with Crippen molar-refractivity contribution in [3.63, 3.8) is 0 Å². The fourth-order valence-corrected chi connectivity index (χ4v) is 0.115. The van der Waals surface area contributed by atoms with E-state index in [1.807, 2.05) is 0 Å². The van der Waals surface area contributed by atoms with Crippen LogP contribution in [0, 0.1) is 0 Å². The van der Waals surface area contributed by atoms with Crippen molar-refractivity contribution in [2.45, 2.75) is 0 Å². The second-order valence-electron chi connectivity index (χ2n) is 0.844. The first-order valence-corrected chi connectivity index (χ1v) is 1.53. The van der Waals surface area contributed by atoms with Gasteiger partial charge in [0.1, 0.15) is 0 Å². The molecule has 0 aliphatic carbocycles. The molecule has 0 saturated heterocycles. The van der Waals surface area contributed by atoms with Crippen molar-refractivity contribution in [3.05, 3.63) is 12.7 Å². The van der Waals surface area contributed by atoms with Crippen LogP contribution in [0.5, 0.6) is 0 Å². The van der Waals surface area contributed by atoms with Gasteiger partial charge in [-0.05, 0) is 0 Å². The number of nitrogens with zero attached hydrogens (tertiary/aromatic N) is 1. The van der Waals surface area contributed by atoms with E-state index < -0.39 is 0 Å². The molecule has 0 aromatic rings. The molecule has 0 spiro atoms. The highest BCUT2D eigenvalue weighted by molar-refractivity contribution is 4.65. The first-order valence-electron chi connectivity index (χ1n) is 1.53. The number of hydrogen-bond donors (Lipinski definition) is 2. The van der Waals surface area contributed by atoms with Gasteiger partial charge in [-0.25, -0.2) is 0 Å². The van der Waals surface area contributed by atoms with Gasteiger partial charge in [0.2, 0.25) is 0 Å². The molecule has 0 aliphatic heterocycles. The third kappa shape index (κ3) is 3.62. The number of hydrogen-bond acceptors (Lipinski definition) is 3. The molecule has 0 saturated carbocycles. The fraction of sp³-hybridized carbons (Fsp3) is 0.333. The van der Waals surface area contributed by atoms with Crippen LogP contribution in [0.1, 0.15) is 0 Å². The van der Waals surface area contributed by atoms with E-state index in [4.69, 9.17) is 10.4 Å². The summed E-state index contributed by atoms with van der Waals surface area (Å²) in [5, 5.41) is 15.8. The van der Waals surface area contributed by atoms with Gasteiger partial charge >= 0.3 is 0 Å². The maximum Gasteiger partial charge on any atom is 0.0691 e. The minimum atomic E-state index is 0.0625. The van der Waals surface area contributed by atoms with Gasteiger partial charge in [-0.3, -0.25) is 10.4 Å². The summed E-state index contributed by atoms with van der Waals surface area (Å²) in [6, 6.07) is 0. The molecule has 3 heteroatoms.